The lowest BCUT2D eigenvalue weighted by Gasteiger charge is -2.19. The van der Waals surface area contributed by atoms with Crippen LogP contribution in [0.25, 0.3) is 5.76 Å². The van der Waals surface area contributed by atoms with Gasteiger partial charge in [-0.1, -0.05) is 44.5 Å². The van der Waals surface area contributed by atoms with Crippen molar-refractivity contribution in [2.75, 3.05) is 0 Å². The van der Waals surface area contributed by atoms with E-state index in [9.17, 15) is 14.7 Å². The molecule has 0 fully saturated rings. The molecule has 0 aliphatic heterocycles. The first kappa shape index (κ1) is 12.6. The van der Waals surface area contributed by atoms with Crippen LogP contribution in [0.15, 0.2) is 29.8 Å². The number of fused-ring (bicyclic) bond motifs is 1. The highest BCUT2D eigenvalue weighted by atomic mass is 16.3. The summed E-state index contributed by atoms with van der Waals surface area (Å²) in [6.45, 7) is 4.02. The minimum absolute atomic E-state index is 0.0319. The van der Waals surface area contributed by atoms with Crippen LogP contribution in [-0.4, -0.2) is 16.7 Å². The van der Waals surface area contributed by atoms with Crippen LogP contribution in [0.3, 0.4) is 0 Å². The number of benzene rings is 1. The number of carbonyl (C=O) groups excluding carboxylic acids is 2. The second-order valence-corrected chi connectivity index (χ2v) is 4.75. The SMILES string of the molecule is CCC(C)CC1=C(O)c2ccccc2C(=O)C1=O. The van der Waals surface area contributed by atoms with E-state index in [1.807, 2.05) is 13.8 Å². The van der Waals surface area contributed by atoms with Gasteiger partial charge in [-0.05, 0) is 12.3 Å². The highest BCUT2D eigenvalue weighted by Crippen LogP contribution is 2.31. The second-order valence-electron chi connectivity index (χ2n) is 4.75. The van der Waals surface area contributed by atoms with Crippen LogP contribution in [0.5, 0.6) is 0 Å². The predicted octanol–water partition coefficient (Wildman–Crippen LogP) is 3.16. The molecular formula is C15H16O3. The first-order chi connectivity index (χ1) is 8.56. The molecule has 1 atom stereocenters. The Morgan fingerprint density at radius 3 is 2.33 bits per heavy atom. The number of aliphatic hydroxyl groups excluding tert-OH is 1. The number of hydrogen-bond acceptors (Lipinski definition) is 3. The Morgan fingerprint density at radius 2 is 1.72 bits per heavy atom. The summed E-state index contributed by atoms with van der Waals surface area (Å²) in [5.41, 5.74) is 1.03. The molecule has 0 bridgehead atoms. The second kappa shape index (κ2) is 4.77. The Kier molecular flexibility index (Phi) is 3.32. The minimum atomic E-state index is -0.563. The van der Waals surface area contributed by atoms with Gasteiger partial charge in [-0.15, -0.1) is 0 Å². The van der Waals surface area contributed by atoms with Crippen molar-refractivity contribution in [2.24, 2.45) is 5.92 Å². The molecule has 1 N–H and O–H groups in total. The van der Waals surface area contributed by atoms with Gasteiger partial charge < -0.3 is 5.11 Å². The summed E-state index contributed by atoms with van der Waals surface area (Å²) < 4.78 is 0. The predicted molar refractivity (Wildman–Crippen MR) is 69.4 cm³/mol. The molecule has 3 heteroatoms. The first-order valence-corrected chi connectivity index (χ1v) is 6.16. The molecule has 0 aromatic heterocycles. The van der Waals surface area contributed by atoms with E-state index in [0.717, 1.165) is 6.42 Å². The zero-order chi connectivity index (χ0) is 13.3. The quantitative estimate of drug-likeness (QED) is 0.831. The fraction of sp³-hybridized carbons (Fsp3) is 0.333. The van der Waals surface area contributed by atoms with Crippen LogP contribution in [0.1, 0.15) is 42.6 Å². The topological polar surface area (TPSA) is 54.4 Å². The molecular weight excluding hydrogens is 228 g/mol. The summed E-state index contributed by atoms with van der Waals surface area (Å²) >= 11 is 0. The molecule has 1 aromatic carbocycles. The first-order valence-electron chi connectivity index (χ1n) is 6.16. The number of ketones is 2. The molecule has 0 heterocycles. The van der Waals surface area contributed by atoms with E-state index < -0.39 is 11.6 Å². The smallest absolute Gasteiger partial charge is 0.234 e. The van der Waals surface area contributed by atoms with E-state index in [-0.39, 0.29) is 17.3 Å². The summed E-state index contributed by atoms with van der Waals surface area (Å²) in [5.74, 6) is -0.840. The molecule has 1 aromatic rings. The van der Waals surface area contributed by atoms with Gasteiger partial charge in [0, 0.05) is 16.7 Å². The van der Waals surface area contributed by atoms with Crippen LogP contribution in [0.4, 0.5) is 0 Å². The van der Waals surface area contributed by atoms with Gasteiger partial charge in [-0.2, -0.15) is 0 Å². The largest absolute Gasteiger partial charge is 0.507 e. The van der Waals surface area contributed by atoms with Crippen molar-refractivity contribution in [3.8, 4) is 0 Å². The Balaban J connectivity index is 2.52. The van der Waals surface area contributed by atoms with E-state index in [4.69, 9.17) is 0 Å². The van der Waals surface area contributed by atoms with Crippen LogP contribution < -0.4 is 0 Å². The third-order valence-corrected chi connectivity index (χ3v) is 3.44. The number of Topliss-reactive ketones (excluding diaryl/α,β-unsaturated/α-hetero) is 2. The Bertz CT molecular complexity index is 540. The van der Waals surface area contributed by atoms with Gasteiger partial charge in [0.25, 0.3) is 0 Å². The van der Waals surface area contributed by atoms with Crippen LogP contribution >= 0.6 is 0 Å². The van der Waals surface area contributed by atoms with Crippen molar-refractivity contribution in [1.29, 1.82) is 0 Å². The summed E-state index contributed by atoms with van der Waals surface area (Å²) in [6, 6.07) is 6.69. The fourth-order valence-electron chi connectivity index (χ4n) is 2.10. The van der Waals surface area contributed by atoms with E-state index in [1.165, 1.54) is 0 Å². The highest BCUT2D eigenvalue weighted by molar-refractivity contribution is 6.52. The Labute approximate surface area is 106 Å². The number of allylic oxidation sites excluding steroid dienone is 1. The van der Waals surface area contributed by atoms with Crippen molar-refractivity contribution in [1.82, 2.24) is 0 Å². The van der Waals surface area contributed by atoms with Gasteiger partial charge in [0.05, 0.1) is 0 Å². The van der Waals surface area contributed by atoms with E-state index >= 15 is 0 Å². The van der Waals surface area contributed by atoms with E-state index in [0.29, 0.717) is 17.5 Å². The third kappa shape index (κ3) is 1.96. The molecule has 94 valence electrons. The maximum Gasteiger partial charge on any atom is 0.234 e. The Morgan fingerprint density at radius 1 is 1.11 bits per heavy atom. The molecule has 0 amide bonds. The summed E-state index contributed by atoms with van der Waals surface area (Å²) in [5, 5.41) is 10.2. The molecule has 0 radical (unpaired) electrons. The monoisotopic (exact) mass is 244 g/mol. The fourth-order valence-corrected chi connectivity index (χ4v) is 2.10. The average Bonchev–Trinajstić information content (AvgIpc) is 2.40. The van der Waals surface area contributed by atoms with Crippen molar-refractivity contribution < 1.29 is 14.7 Å². The normalized spacial score (nSPS) is 16.8. The number of hydrogen-bond donors (Lipinski definition) is 1. The van der Waals surface area contributed by atoms with Gasteiger partial charge in [-0.3, -0.25) is 9.59 Å². The molecule has 1 aliphatic rings. The maximum atomic E-state index is 12.0. The van der Waals surface area contributed by atoms with Crippen LogP contribution in [-0.2, 0) is 4.79 Å². The van der Waals surface area contributed by atoms with Gasteiger partial charge in [0.1, 0.15) is 5.76 Å². The number of aliphatic hydroxyl groups is 1. The molecule has 1 unspecified atom stereocenters. The third-order valence-electron chi connectivity index (χ3n) is 3.44. The lowest BCUT2D eigenvalue weighted by Crippen LogP contribution is -2.25. The van der Waals surface area contributed by atoms with Crippen LogP contribution in [0, 0.1) is 5.92 Å². The van der Waals surface area contributed by atoms with E-state index in [2.05, 4.69) is 0 Å². The lowest BCUT2D eigenvalue weighted by atomic mass is 9.84. The lowest BCUT2D eigenvalue weighted by molar-refractivity contribution is -0.112. The molecule has 2 rings (SSSR count). The van der Waals surface area contributed by atoms with Crippen molar-refractivity contribution in [3.63, 3.8) is 0 Å². The molecule has 0 saturated carbocycles. The van der Waals surface area contributed by atoms with Gasteiger partial charge in [0.15, 0.2) is 0 Å². The molecule has 0 saturated heterocycles. The van der Waals surface area contributed by atoms with Gasteiger partial charge >= 0.3 is 0 Å². The Hall–Kier alpha value is -1.90. The van der Waals surface area contributed by atoms with Crippen LogP contribution in [0.2, 0.25) is 0 Å². The number of rotatable bonds is 3. The van der Waals surface area contributed by atoms with Crippen molar-refractivity contribution in [3.05, 3.63) is 41.0 Å². The van der Waals surface area contributed by atoms with Crippen molar-refractivity contribution >= 4 is 17.3 Å². The van der Waals surface area contributed by atoms with Crippen molar-refractivity contribution in [2.45, 2.75) is 26.7 Å². The van der Waals surface area contributed by atoms with Gasteiger partial charge in [-0.25, -0.2) is 0 Å². The maximum absolute atomic E-state index is 12.0. The zero-order valence-electron chi connectivity index (χ0n) is 10.6. The standard InChI is InChI=1S/C15H16O3/c1-3-9(2)8-12-13(16)10-6-4-5-7-11(10)14(17)15(12)18/h4-7,9,16H,3,8H2,1-2H3. The summed E-state index contributed by atoms with van der Waals surface area (Å²) in [7, 11) is 0. The molecule has 0 spiro atoms. The molecule has 3 nitrogen and oxygen atoms in total. The molecule has 1 aliphatic carbocycles. The summed E-state index contributed by atoms with van der Waals surface area (Å²) in [4.78, 5) is 23.9. The summed E-state index contributed by atoms with van der Waals surface area (Å²) in [6.07, 6.45) is 1.35. The highest BCUT2D eigenvalue weighted by Gasteiger charge is 2.32. The van der Waals surface area contributed by atoms with E-state index in [1.54, 1.807) is 24.3 Å². The molecule has 18 heavy (non-hydrogen) atoms. The zero-order valence-corrected chi connectivity index (χ0v) is 10.6. The van der Waals surface area contributed by atoms with Gasteiger partial charge in [0.2, 0.25) is 11.6 Å². The number of carbonyl (C=O) groups is 2. The minimum Gasteiger partial charge on any atom is -0.507 e. The average molecular weight is 244 g/mol.